The van der Waals surface area contributed by atoms with E-state index in [2.05, 4.69) is 20.9 Å². The van der Waals surface area contributed by atoms with Gasteiger partial charge in [-0.05, 0) is 119 Å². The second-order valence-electron chi connectivity index (χ2n) is 28.5. The van der Waals surface area contributed by atoms with Crippen molar-refractivity contribution in [3.05, 3.63) is 87.4 Å². The minimum absolute atomic E-state index is 0.00445. The predicted molar refractivity (Wildman–Crippen MR) is 387 cm³/mol. The fourth-order valence-corrected chi connectivity index (χ4v) is 14.5. The fraction of sp³-hybridized carbons (Fsp3) is 0.653. The predicted octanol–water partition coefficient (Wildman–Crippen LogP) is 8.65. The number of methoxy groups -OCH3 is 2. The molecule has 2 saturated heterocycles. The van der Waals surface area contributed by atoms with Gasteiger partial charge in [0.2, 0.25) is 35.4 Å². The minimum atomic E-state index is -0.919. The number of likely N-dealkylation sites (tertiary alicyclic amines) is 2. The Balaban J connectivity index is 1.14. The number of urea groups is 1. The number of primary amides is 1. The summed E-state index contributed by atoms with van der Waals surface area (Å²) in [7, 11) is 8.58. The first-order chi connectivity index (χ1) is 47.4. The summed E-state index contributed by atoms with van der Waals surface area (Å²) in [6.07, 6.45) is 7.42. The van der Waals surface area contributed by atoms with Gasteiger partial charge >= 0.3 is 12.0 Å². The van der Waals surface area contributed by atoms with Gasteiger partial charge in [-0.15, -0.1) is 11.3 Å². The number of nitrogens with two attached hydrogens (primary N) is 1. The summed E-state index contributed by atoms with van der Waals surface area (Å²) in [6, 6.07) is 11.5. The van der Waals surface area contributed by atoms with Gasteiger partial charge in [-0.1, -0.05) is 110 Å². The molecule has 2 aliphatic rings. The molecule has 100 heavy (non-hydrogen) atoms. The Kier molecular flexibility index (Phi) is 34.0. The first kappa shape index (κ1) is 83.7. The standard InChI is InChI=1S/C75H113N9O14S2/c1-16-48(6)67(82(12)72(93)56(47(4)5)42-63(87)75(8,9)81(10)11)61(96-13)43-64(88)83-36-21-24-59(83)68(97-14)49(7)69(91)80-58(71-77-34-37-100-71)38-50-25-27-52(28-26-50)40-66(90)98-45-53-31-29-51(30-32-53)39-60(86)57(23-20-33-78-74(76)95)79-70(92)55(46(2)3)41-54(85)22-18-17-19-35-84-65(89)44-62(99-15)73(84)94/h25-32,34,37,46-49,55-59,61-62,67-68H,16-24,33,35-36,38-45H2,1-15H3,(H,79,92)(H,80,91)(H3,76,78,95)/t48-,49+,55-,56-,57-,58-,59-,61+,62?,67-,68+/m0/s1. The van der Waals surface area contributed by atoms with Gasteiger partial charge in [-0.2, -0.15) is 11.8 Å². The SMILES string of the molecule is CC[C@H](C)[C@@H]([C@@H](CC(=O)N1CCC[C@H]1[C@H](OC)[C@@H](C)C(=O)N[C@@H](Cc1ccc(CC(=O)OCc2ccc(CC(=O)[C@H](CCCNC(N)=O)NC(=O)[C@@H](CC(=O)CCCCCN3C(=O)CC(SC)C3=O)C(C)C)cc2)cc1)c1nccs1)OC)N(C)C(=O)[C@@H](CC(=O)C(C)(C)N(C)C)C(C)C. The first-order valence-corrected chi connectivity index (χ1v) is 37.6. The van der Waals surface area contributed by atoms with Crippen molar-refractivity contribution in [3.63, 3.8) is 0 Å². The number of aromatic nitrogens is 1. The Hall–Kier alpha value is -6.93. The average molecular weight is 1430 g/mol. The van der Waals surface area contributed by atoms with Crippen molar-refractivity contribution in [2.45, 2.75) is 219 Å². The van der Waals surface area contributed by atoms with E-state index in [1.807, 2.05) is 110 Å². The fourth-order valence-electron chi connectivity index (χ4n) is 13.2. The van der Waals surface area contributed by atoms with E-state index in [-0.39, 0.29) is 134 Å². The molecule has 2 aliphatic heterocycles. The zero-order valence-corrected chi connectivity index (χ0v) is 63.4. The van der Waals surface area contributed by atoms with Gasteiger partial charge < -0.3 is 45.7 Å². The number of ether oxygens (including phenoxy) is 3. The number of carbonyl (C=O) groups excluding carboxylic acids is 11. The lowest BCUT2D eigenvalue weighted by Gasteiger charge is -2.41. The molecule has 0 aliphatic carbocycles. The van der Waals surface area contributed by atoms with Crippen LogP contribution in [0.15, 0.2) is 60.1 Å². The van der Waals surface area contributed by atoms with Gasteiger partial charge in [0.1, 0.15) is 17.4 Å². The van der Waals surface area contributed by atoms with Crippen molar-refractivity contribution in [1.29, 1.82) is 0 Å². The summed E-state index contributed by atoms with van der Waals surface area (Å²) < 4.78 is 17.9. The quantitative estimate of drug-likeness (QED) is 0.0234. The highest BCUT2D eigenvalue weighted by atomic mass is 32.2. The van der Waals surface area contributed by atoms with Crippen LogP contribution in [0.3, 0.4) is 0 Å². The molecule has 1 aromatic heterocycles. The molecule has 3 heterocycles. The third-order valence-electron chi connectivity index (χ3n) is 20.4. The number of likely N-dealkylation sites (N-methyl/N-ethyl adjacent to an activating group) is 2. The molecule has 2 fully saturated rings. The number of imide groups is 1. The van der Waals surface area contributed by atoms with Gasteiger partial charge in [-0.3, -0.25) is 57.7 Å². The smallest absolute Gasteiger partial charge is 0.312 e. The van der Waals surface area contributed by atoms with Crippen LogP contribution in [0.1, 0.15) is 179 Å². The number of carbonyl (C=O) groups is 11. The Morgan fingerprint density at radius 1 is 0.790 bits per heavy atom. The summed E-state index contributed by atoms with van der Waals surface area (Å²) in [5.74, 6) is -4.53. The first-order valence-electron chi connectivity index (χ1n) is 35.5. The molecule has 3 aromatic rings. The third kappa shape index (κ3) is 24.4. The van der Waals surface area contributed by atoms with Gasteiger partial charge in [-0.25, -0.2) is 9.78 Å². The maximum absolute atomic E-state index is 14.6. The number of esters is 1. The lowest BCUT2D eigenvalue weighted by Crippen LogP contribution is -2.55. The topological polar surface area (TPSA) is 303 Å². The van der Waals surface area contributed by atoms with Crippen LogP contribution < -0.4 is 21.7 Å². The van der Waals surface area contributed by atoms with Crippen LogP contribution in [0.2, 0.25) is 0 Å². The number of benzene rings is 2. The van der Waals surface area contributed by atoms with E-state index in [9.17, 15) is 52.7 Å². The normalized spacial score (nSPS) is 17.7. The molecule has 0 saturated carbocycles. The summed E-state index contributed by atoms with van der Waals surface area (Å²) in [4.78, 5) is 159. The molecule has 8 amide bonds. The number of rotatable bonds is 44. The lowest BCUT2D eigenvalue weighted by molar-refractivity contribution is -0.149. The van der Waals surface area contributed by atoms with E-state index in [4.69, 9.17) is 19.9 Å². The molecule has 0 radical (unpaired) electrons. The number of ketones is 3. The van der Waals surface area contributed by atoms with Crippen molar-refractivity contribution in [1.82, 2.24) is 40.5 Å². The Morgan fingerprint density at radius 2 is 1.43 bits per heavy atom. The van der Waals surface area contributed by atoms with Crippen LogP contribution in [0.4, 0.5) is 4.79 Å². The Bertz CT molecular complexity index is 3200. The van der Waals surface area contributed by atoms with E-state index in [0.29, 0.717) is 86.2 Å². The van der Waals surface area contributed by atoms with E-state index >= 15 is 0 Å². The molecule has 554 valence electrons. The highest BCUT2D eigenvalue weighted by Gasteiger charge is 2.45. The van der Waals surface area contributed by atoms with Crippen LogP contribution in [0, 0.1) is 35.5 Å². The maximum atomic E-state index is 14.6. The number of hydrogen-bond acceptors (Lipinski definition) is 18. The molecular formula is C75H113N9O14S2. The van der Waals surface area contributed by atoms with E-state index in [1.165, 1.54) is 28.0 Å². The lowest BCUT2D eigenvalue weighted by atomic mass is 9.82. The van der Waals surface area contributed by atoms with Crippen molar-refractivity contribution in [3.8, 4) is 0 Å². The molecule has 11 atom stereocenters. The third-order valence-corrected chi connectivity index (χ3v) is 22.2. The Labute approximate surface area is 601 Å². The summed E-state index contributed by atoms with van der Waals surface area (Å²) >= 11 is 2.78. The molecular weight excluding hydrogens is 1320 g/mol. The van der Waals surface area contributed by atoms with Gasteiger partial charge in [0.15, 0.2) is 11.6 Å². The zero-order valence-electron chi connectivity index (χ0n) is 61.8. The number of Topliss-reactive ketones (excluding diaryl/α,β-unsaturated/α-hetero) is 3. The summed E-state index contributed by atoms with van der Waals surface area (Å²) in [5, 5.41) is 10.9. The molecule has 2 aromatic carbocycles. The van der Waals surface area contributed by atoms with E-state index in [0.717, 1.165) is 5.56 Å². The molecule has 5 rings (SSSR count). The highest BCUT2D eigenvalue weighted by Crippen LogP contribution is 2.33. The minimum Gasteiger partial charge on any atom is -0.461 e. The largest absolute Gasteiger partial charge is 0.461 e. The molecule has 25 heteroatoms. The highest BCUT2D eigenvalue weighted by molar-refractivity contribution is 8.00. The molecule has 0 bridgehead atoms. The zero-order chi connectivity index (χ0) is 74.1. The van der Waals surface area contributed by atoms with Crippen molar-refractivity contribution >= 4 is 87.9 Å². The second kappa shape index (κ2) is 40.6. The van der Waals surface area contributed by atoms with E-state index in [1.54, 1.807) is 68.5 Å². The number of thioether (sulfide) groups is 1. The number of hydrogen-bond donors (Lipinski definition) is 4. The summed E-state index contributed by atoms with van der Waals surface area (Å²) in [5.41, 5.74) is 7.47. The van der Waals surface area contributed by atoms with Crippen LogP contribution in [0.5, 0.6) is 0 Å². The summed E-state index contributed by atoms with van der Waals surface area (Å²) in [6.45, 7) is 18.2. The van der Waals surface area contributed by atoms with Crippen molar-refractivity contribution < 1.29 is 67.0 Å². The molecule has 5 N–H and O–H groups in total. The van der Waals surface area contributed by atoms with E-state index < -0.39 is 77.6 Å². The van der Waals surface area contributed by atoms with Crippen molar-refractivity contribution in [2.24, 2.45) is 41.2 Å². The number of thiazole rings is 1. The number of nitrogens with one attached hydrogen (secondary N) is 3. The van der Waals surface area contributed by atoms with Crippen LogP contribution in [-0.4, -0.2) is 192 Å². The van der Waals surface area contributed by atoms with Gasteiger partial charge in [0.05, 0.1) is 65.9 Å². The molecule has 23 nitrogen and oxygen atoms in total. The monoisotopic (exact) mass is 1430 g/mol. The van der Waals surface area contributed by atoms with Crippen LogP contribution in [0.25, 0.3) is 0 Å². The number of unbranched alkanes of at least 4 members (excludes halogenated alkanes) is 2. The van der Waals surface area contributed by atoms with Gasteiger partial charge in [0, 0.05) is 96.4 Å². The maximum Gasteiger partial charge on any atom is 0.312 e. The van der Waals surface area contributed by atoms with Crippen molar-refractivity contribution in [2.75, 3.05) is 61.3 Å². The molecule has 0 spiro atoms. The number of amides is 8. The Morgan fingerprint density at radius 3 is 2.00 bits per heavy atom. The molecule has 1 unspecified atom stereocenters. The van der Waals surface area contributed by atoms with Gasteiger partial charge in [0.25, 0.3) is 0 Å². The number of nitrogens with zero attached hydrogens (tertiary/aromatic N) is 5. The van der Waals surface area contributed by atoms with Crippen LogP contribution >= 0.6 is 23.1 Å². The van der Waals surface area contributed by atoms with Crippen LogP contribution in [-0.2, 0) is 88.0 Å². The average Bonchev–Trinajstić information content (AvgIpc) is 1.27. The second-order valence-corrected chi connectivity index (χ2v) is 30.4.